The van der Waals surface area contributed by atoms with Crippen LogP contribution in [0.4, 0.5) is 23.2 Å². The minimum absolute atomic E-state index is 0.0207. The highest BCUT2D eigenvalue weighted by Gasteiger charge is 2.31. The highest BCUT2D eigenvalue weighted by atomic mass is 32.2. The van der Waals surface area contributed by atoms with Crippen LogP contribution in [0.3, 0.4) is 0 Å². The van der Waals surface area contributed by atoms with Gasteiger partial charge in [-0.1, -0.05) is 6.07 Å². The van der Waals surface area contributed by atoms with E-state index in [1.807, 2.05) is 0 Å². The Labute approximate surface area is 183 Å². The summed E-state index contributed by atoms with van der Waals surface area (Å²) < 4.78 is 76.3. The second kappa shape index (κ2) is 11.4. The van der Waals surface area contributed by atoms with Crippen LogP contribution in [0.15, 0.2) is 41.3 Å². The second-order valence-electron chi connectivity index (χ2n) is 6.78. The highest BCUT2D eigenvalue weighted by Crippen LogP contribution is 2.38. The number of amides is 1. The Kier molecular flexibility index (Phi) is 9.13. The van der Waals surface area contributed by atoms with E-state index in [0.717, 1.165) is 24.3 Å². The Morgan fingerprint density at radius 1 is 1.06 bits per heavy atom. The predicted molar refractivity (Wildman–Crippen MR) is 108 cm³/mol. The van der Waals surface area contributed by atoms with Crippen molar-refractivity contribution in [1.29, 1.82) is 0 Å². The van der Waals surface area contributed by atoms with Crippen molar-refractivity contribution in [2.45, 2.75) is 30.0 Å². The zero-order valence-corrected chi connectivity index (χ0v) is 17.4. The molecule has 1 atom stereocenters. The van der Waals surface area contributed by atoms with Crippen molar-refractivity contribution in [1.82, 2.24) is 5.32 Å². The topological polar surface area (TPSA) is 122 Å². The number of carbonyl (C=O) groups is 1. The minimum Gasteiger partial charge on any atom is -0.768 e. The molecule has 0 fully saturated rings. The van der Waals surface area contributed by atoms with E-state index in [1.54, 1.807) is 0 Å². The van der Waals surface area contributed by atoms with Crippen LogP contribution in [-0.4, -0.2) is 50.7 Å². The van der Waals surface area contributed by atoms with Gasteiger partial charge in [0.2, 0.25) is 5.91 Å². The molecular formula is C20H21F4N2O5S-. The lowest BCUT2D eigenvalue weighted by Gasteiger charge is -2.20. The van der Waals surface area contributed by atoms with Gasteiger partial charge >= 0.3 is 6.18 Å². The van der Waals surface area contributed by atoms with Crippen LogP contribution < -0.4 is 10.6 Å². The normalized spacial score (nSPS) is 12.6. The van der Waals surface area contributed by atoms with E-state index in [0.29, 0.717) is 12.1 Å². The standard InChI is InChI=1S/C20H22F4N2O5S/c21-13-2-3-15(18(10-13)32(30)31)16-9-12(20(22,23)24)1-4-17(16)25-11-19(29)26-14(5-7-27)6-8-28/h1-4,9-10,14,25,27-28H,5-8,11H2,(H,26,29)(H,30,31)/p-1. The van der Waals surface area contributed by atoms with E-state index >= 15 is 0 Å². The van der Waals surface area contributed by atoms with Gasteiger partial charge in [0.05, 0.1) is 12.1 Å². The van der Waals surface area contributed by atoms with Crippen LogP contribution in [0.5, 0.6) is 0 Å². The fourth-order valence-corrected chi connectivity index (χ4v) is 3.58. The summed E-state index contributed by atoms with van der Waals surface area (Å²) in [6, 6.07) is 4.66. The number of halogens is 4. The molecule has 1 amide bonds. The van der Waals surface area contributed by atoms with E-state index in [9.17, 15) is 31.1 Å². The maximum absolute atomic E-state index is 13.5. The van der Waals surface area contributed by atoms with Gasteiger partial charge in [-0.15, -0.1) is 0 Å². The Bertz CT molecular complexity index is 965. The monoisotopic (exact) mass is 477 g/mol. The third kappa shape index (κ3) is 6.99. The van der Waals surface area contributed by atoms with Crippen LogP contribution in [0.1, 0.15) is 18.4 Å². The smallest absolute Gasteiger partial charge is 0.416 e. The van der Waals surface area contributed by atoms with Gasteiger partial charge in [0, 0.05) is 35.4 Å². The molecule has 0 bridgehead atoms. The molecule has 0 spiro atoms. The van der Waals surface area contributed by atoms with Gasteiger partial charge in [0.1, 0.15) is 5.82 Å². The summed E-state index contributed by atoms with van der Waals surface area (Å²) in [5.41, 5.74) is -1.39. The van der Waals surface area contributed by atoms with Crippen LogP contribution in [0.2, 0.25) is 0 Å². The average Bonchev–Trinajstić information content (AvgIpc) is 2.72. The molecule has 12 heteroatoms. The molecule has 0 aliphatic carbocycles. The van der Waals surface area contributed by atoms with Gasteiger partial charge in [-0.25, -0.2) is 4.39 Å². The van der Waals surface area contributed by atoms with Gasteiger partial charge < -0.3 is 25.4 Å². The number of anilines is 1. The molecule has 0 aromatic heterocycles. The molecule has 32 heavy (non-hydrogen) atoms. The summed E-state index contributed by atoms with van der Waals surface area (Å²) in [7, 11) is 0. The summed E-state index contributed by atoms with van der Waals surface area (Å²) >= 11 is -2.94. The summed E-state index contributed by atoms with van der Waals surface area (Å²) in [6.45, 7) is -0.828. The molecule has 0 heterocycles. The van der Waals surface area contributed by atoms with E-state index in [2.05, 4.69) is 10.6 Å². The van der Waals surface area contributed by atoms with E-state index in [-0.39, 0.29) is 49.4 Å². The van der Waals surface area contributed by atoms with Crippen molar-refractivity contribution in [3.8, 4) is 11.1 Å². The molecule has 0 aliphatic heterocycles. The van der Waals surface area contributed by atoms with Crippen molar-refractivity contribution >= 4 is 22.7 Å². The zero-order chi connectivity index (χ0) is 23.9. The lowest BCUT2D eigenvalue weighted by molar-refractivity contribution is -0.137. The van der Waals surface area contributed by atoms with E-state index in [1.165, 1.54) is 0 Å². The third-order valence-electron chi connectivity index (χ3n) is 4.52. The Morgan fingerprint density at radius 2 is 1.72 bits per heavy atom. The van der Waals surface area contributed by atoms with Crippen molar-refractivity contribution in [3.05, 3.63) is 47.8 Å². The minimum atomic E-state index is -4.72. The van der Waals surface area contributed by atoms with Gasteiger partial charge in [-0.3, -0.25) is 9.00 Å². The molecule has 7 nitrogen and oxygen atoms in total. The number of hydrogen-bond acceptors (Lipinski definition) is 6. The molecule has 0 aliphatic rings. The Morgan fingerprint density at radius 3 is 2.28 bits per heavy atom. The third-order valence-corrected chi connectivity index (χ3v) is 5.22. The highest BCUT2D eigenvalue weighted by molar-refractivity contribution is 7.79. The molecule has 0 radical (unpaired) electrons. The van der Waals surface area contributed by atoms with Gasteiger partial charge in [0.15, 0.2) is 0 Å². The zero-order valence-electron chi connectivity index (χ0n) is 16.6. The summed E-state index contributed by atoms with van der Waals surface area (Å²) in [5, 5.41) is 23.3. The molecule has 2 rings (SSSR count). The van der Waals surface area contributed by atoms with Crippen molar-refractivity contribution in [2.75, 3.05) is 25.1 Å². The first-order chi connectivity index (χ1) is 15.1. The van der Waals surface area contributed by atoms with Crippen molar-refractivity contribution in [2.24, 2.45) is 0 Å². The van der Waals surface area contributed by atoms with Crippen molar-refractivity contribution < 1.29 is 41.3 Å². The number of rotatable bonds is 10. The van der Waals surface area contributed by atoms with Crippen LogP contribution >= 0.6 is 0 Å². The number of hydrogen-bond donors (Lipinski definition) is 4. The number of benzene rings is 2. The van der Waals surface area contributed by atoms with Gasteiger partial charge in [-0.05, 0) is 59.8 Å². The number of alkyl halides is 3. The first-order valence-corrected chi connectivity index (χ1v) is 10.5. The predicted octanol–water partition coefficient (Wildman–Crippen LogP) is 2.41. The number of aliphatic hydroxyl groups excluding tert-OH is 2. The summed E-state index contributed by atoms with van der Waals surface area (Å²) in [4.78, 5) is 11.7. The number of aliphatic hydroxyl groups is 2. The SMILES string of the molecule is O=C(CNc1ccc(C(F)(F)F)cc1-c1ccc(F)cc1S(=O)[O-])NC(CCO)CCO. The molecule has 0 saturated carbocycles. The maximum Gasteiger partial charge on any atom is 0.416 e. The molecule has 0 saturated heterocycles. The first kappa shape index (κ1) is 25.7. The van der Waals surface area contributed by atoms with Gasteiger partial charge in [0.25, 0.3) is 0 Å². The van der Waals surface area contributed by atoms with E-state index in [4.69, 9.17) is 10.2 Å². The fraction of sp³-hybridized carbons (Fsp3) is 0.350. The lowest BCUT2D eigenvalue weighted by atomic mass is 10.00. The quantitative estimate of drug-likeness (QED) is 0.308. The molecular weight excluding hydrogens is 456 g/mol. The molecule has 2 aromatic carbocycles. The maximum atomic E-state index is 13.5. The van der Waals surface area contributed by atoms with Gasteiger partial charge in [-0.2, -0.15) is 13.2 Å². The van der Waals surface area contributed by atoms with Crippen LogP contribution in [-0.2, 0) is 22.1 Å². The van der Waals surface area contributed by atoms with Crippen molar-refractivity contribution in [3.63, 3.8) is 0 Å². The lowest BCUT2D eigenvalue weighted by Crippen LogP contribution is -2.39. The van der Waals surface area contributed by atoms with Crippen LogP contribution in [0.25, 0.3) is 11.1 Å². The summed E-state index contributed by atoms with van der Waals surface area (Å²) in [6.07, 6.45) is -4.32. The Hall–Kier alpha value is -2.54. The largest absolute Gasteiger partial charge is 0.768 e. The molecule has 4 N–H and O–H groups in total. The van der Waals surface area contributed by atoms with Crippen LogP contribution in [0, 0.1) is 5.82 Å². The summed E-state index contributed by atoms with van der Waals surface area (Å²) in [5.74, 6) is -1.44. The van der Waals surface area contributed by atoms with E-state index < -0.39 is 45.5 Å². The number of nitrogens with one attached hydrogen (secondary N) is 2. The molecule has 2 aromatic rings. The molecule has 176 valence electrons. The first-order valence-electron chi connectivity index (χ1n) is 9.42. The Balaban J connectivity index is 2.38. The average molecular weight is 477 g/mol. The molecule has 1 unspecified atom stereocenters. The fourth-order valence-electron chi connectivity index (χ4n) is 3.01. The number of carbonyl (C=O) groups excluding carboxylic acids is 1. The second-order valence-corrected chi connectivity index (χ2v) is 7.69.